The summed E-state index contributed by atoms with van der Waals surface area (Å²) in [6.45, 7) is 4.29. The summed E-state index contributed by atoms with van der Waals surface area (Å²) in [5.74, 6) is 0.869. The number of hydrogen-bond acceptors (Lipinski definition) is 5. The molecule has 2 heterocycles. The largest absolute Gasteiger partial charge is 0.325 e. The number of aryl methyl sites for hydroxylation is 2. The molecule has 0 radical (unpaired) electrons. The molecule has 0 aliphatic rings. The molecule has 1 amide bonds. The molecule has 2 aromatic carbocycles. The lowest BCUT2D eigenvalue weighted by molar-refractivity contribution is -0.113. The Morgan fingerprint density at radius 2 is 1.69 bits per heavy atom. The van der Waals surface area contributed by atoms with Crippen molar-refractivity contribution in [3.8, 4) is 17.1 Å². The lowest BCUT2D eigenvalue weighted by atomic mass is 10.0. The van der Waals surface area contributed by atoms with E-state index in [1.54, 1.807) is 12.4 Å². The zero-order valence-corrected chi connectivity index (χ0v) is 19.0. The SMILES string of the molecule is CCc1cccc(CC)c1-n1c(SCC(=O)Nc2ccccc2)nnc1-c1cccnc1. The number of anilines is 1. The van der Waals surface area contributed by atoms with Crippen LogP contribution in [0.4, 0.5) is 5.69 Å². The molecular formula is C25H25N5OS. The molecular weight excluding hydrogens is 418 g/mol. The van der Waals surface area contributed by atoms with E-state index in [0.29, 0.717) is 5.16 Å². The van der Waals surface area contributed by atoms with Crippen LogP contribution in [0.2, 0.25) is 0 Å². The third kappa shape index (κ3) is 4.73. The Kier molecular flexibility index (Phi) is 6.97. The number of nitrogens with zero attached hydrogens (tertiary/aromatic N) is 4. The first-order chi connectivity index (χ1) is 15.7. The number of nitrogens with one attached hydrogen (secondary N) is 1. The number of rotatable bonds is 8. The predicted molar refractivity (Wildman–Crippen MR) is 129 cm³/mol. The fraction of sp³-hybridized carbons (Fsp3) is 0.200. The van der Waals surface area contributed by atoms with Crippen LogP contribution in [0.5, 0.6) is 0 Å². The van der Waals surface area contributed by atoms with Crippen molar-refractivity contribution in [2.24, 2.45) is 0 Å². The fourth-order valence-corrected chi connectivity index (χ4v) is 4.34. The van der Waals surface area contributed by atoms with Gasteiger partial charge in [0.15, 0.2) is 11.0 Å². The van der Waals surface area contributed by atoms with Crippen molar-refractivity contribution < 1.29 is 4.79 Å². The van der Waals surface area contributed by atoms with Crippen LogP contribution in [0.15, 0.2) is 78.2 Å². The van der Waals surface area contributed by atoms with Gasteiger partial charge in [-0.1, -0.05) is 62.0 Å². The van der Waals surface area contributed by atoms with Crippen LogP contribution >= 0.6 is 11.8 Å². The summed E-state index contributed by atoms with van der Waals surface area (Å²) in [5, 5.41) is 12.6. The Bertz CT molecular complexity index is 1170. The Labute approximate surface area is 192 Å². The van der Waals surface area contributed by atoms with Crippen molar-refractivity contribution in [1.29, 1.82) is 0 Å². The monoisotopic (exact) mass is 443 g/mol. The average molecular weight is 444 g/mol. The molecule has 7 heteroatoms. The van der Waals surface area contributed by atoms with E-state index in [1.807, 2.05) is 42.5 Å². The maximum atomic E-state index is 12.6. The summed E-state index contributed by atoms with van der Waals surface area (Å²) >= 11 is 1.38. The molecule has 2 aromatic heterocycles. The zero-order valence-electron chi connectivity index (χ0n) is 18.2. The van der Waals surface area contributed by atoms with Crippen LogP contribution in [-0.4, -0.2) is 31.4 Å². The maximum Gasteiger partial charge on any atom is 0.234 e. The third-order valence-electron chi connectivity index (χ3n) is 5.13. The number of aromatic nitrogens is 4. The molecule has 32 heavy (non-hydrogen) atoms. The van der Waals surface area contributed by atoms with Crippen LogP contribution in [0.1, 0.15) is 25.0 Å². The van der Waals surface area contributed by atoms with E-state index in [1.165, 1.54) is 22.9 Å². The predicted octanol–water partition coefficient (Wildman–Crippen LogP) is 5.18. The van der Waals surface area contributed by atoms with Gasteiger partial charge in [-0.15, -0.1) is 10.2 Å². The molecule has 4 rings (SSSR count). The standard InChI is InChI=1S/C25H25N5OS/c1-3-18-10-8-11-19(4-2)23(18)30-24(20-12-9-15-26-16-20)28-29-25(30)32-17-22(31)27-21-13-6-5-7-14-21/h5-16H,3-4,17H2,1-2H3,(H,27,31). The number of para-hydroxylation sites is 2. The molecule has 0 saturated carbocycles. The van der Waals surface area contributed by atoms with Gasteiger partial charge in [-0.05, 0) is 48.2 Å². The molecule has 0 bridgehead atoms. The van der Waals surface area contributed by atoms with Crippen molar-refractivity contribution >= 4 is 23.4 Å². The molecule has 0 atom stereocenters. The molecule has 0 fully saturated rings. The van der Waals surface area contributed by atoms with E-state index in [2.05, 4.69) is 57.1 Å². The molecule has 0 aliphatic heterocycles. The van der Waals surface area contributed by atoms with Crippen molar-refractivity contribution in [2.75, 3.05) is 11.1 Å². The van der Waals surface area contributed by atoms with Gasteiger partial charge >= 0.3 is 0 Å². The van der Waals surface area contributed by atoms with Crippen molar-refractivity contribution in [2.45, 2.75) is 31.8 Å². The van der Waals surface area contributed by atoms with Crippen LogP contribution < -0.4 is 5.32 Å². The molecule has 1 N–H and O–H groups in total. The Morgan fingerprint density at radius 1 is 0.938 bits per heavy atom. The summed E-state index contributed by atoms with van der Waals surface area (Å²) in [4.78, 5) is 16.8. The highest BCUT2D eigenvalue weighted by atomic mass is 32.2. The number of carbonyl (C=O) groups is 1. The first-order valence-corrected chi connectivity index (χ1v) is 11.6. The van der Waals surface area contributed by atoms with Gasteiger partial charge in [0.05, 0.1) is 11.4 Å². The van der Waals surface area contributed by atoms with Crippen LogP contribution in [0.3, 0.4) is 0 Å². The van der Waals surface area contributed by atoms with Crippen molar-refractivity contribution in [1.82, 2.24) is 19.7 Å². The summed E-state index contributed by atoms with van der Waals surface area (Å²) in [6, 6.07) is 19.7. The van der Waals surface area contributed by atoms with Gasteiger partial charge in [-0.2, -0.15) is 0 Å². The van der Waals surface area contributed by atoms with E-state index in [0.717, 1.165) is 35.6 Å². The summed E-state index contributed by atoms with van der Waals surface area (Å²) in [5.41, 5.74) is 5.18. The molecule has 6 nitrogen and oxygen atoms in total. The van der Waals surface area contributed by atoms with Crippen LogP contribution in [0.25, 0.3) is 17.1 Å². The summed E-state index contributed by atoms with van der Waals surface area (Å²) in [6.07, 6.45) is 5.29. The van der Waals surface area contributed by atoms with Crippen LogP contribution in [0, 0.1) is 0 Å². The Morgan fingerprint density at radius 3 is 2.34 bits per heavy atom. The van der Waals surface area contributed by atoms with E-state index >= 15 is 0 Å². The minimum atomic E-state index is -0.0850. The molecule has 0 saturated heterocycles. The highest BCUT2D eigenvalue weighted by molar-refractivity contribution is 7.99. The number of benzene rings is 2. The van der Waals surface area contributed by atoms with Gasteiger partial charge in [-0.3, -0.25) is 14.3 Å². The smallest absolute Gasteiger partial charge is 0.234 e. The van der Waals surface area contributed by atoms with E-state index in [-0.39, 0.29) is 11.7 Å². The first kappa shape index (κ1) is 21.8. The van der Waals surface area contributed by atoms with Gasteiger partial charge in [0.25, 0.3) is 0 Å². The normalized spacial score (nSPS) is 10.8. The lowest BCUT2D eigenvalue weighted by Gasteiger charge is -2.17. The topological polar surface area (TPSA) is 72.7 Å². The van der Waals surface area contributed by atoms with Crippen molar-refractivity contribution in [3.05, 3.63) is 84.2 Å². The number of amides is 1. The average Bonchev–Trinajstić information content (AvgIpc) is 3.26. The molecule has 0 aliphatic carbocycles. The van der Waals surface area contributed by atoms with Gasteiger partial charge in [0.2, 0.25) is 5.91 Å². The number of hydrogen-bond donors (Lipinski definition) is 1. The summed E-state index contributed by atoms with van der Waals surface area (Å²) < 4.78 is 2.08. The Hall–Kier alpha value is -3.45. The molecule has 162 valence electrons. The van der Waals surface area contributed by atoms with Gasteiger partial charge < -0.3 is 5.32 Å². The highest BCUT2D eigenvalue weighted by Crippen LogP contribution is 2.32. The molecule has 0 spiro atoms. The van der Waals surface area contributed by atoms with Gasteiger partial charge in [0.1, 0.15) is 0 Å². The lowest BCUT2D eigenvalue weighted by Crippen LogP contribution is -2.15. The minimum absolute atomic E-state index is 0.0850. The third-order valence-corrected chi connectivity index (χ3v) is 6.06. The van der Waals surface area contributed by atoms with E-state index < -0.39 is 0 Å². The second-order valence-corrected chi connectivity index (χ2v) is 8.16. The van der Waals surface area contributed by atoms with E-state index in [9.17, 15) is 4.79 Å². The molecule has 4 aromatic rings. The fourth-order valence-electron chi connectivity index (χ4n) is 3.60. The first-order valence-electron chi connectivity index (χ1n) is 10.7. The quantitative estimate of drug-likeness (QED) is 0.380. The maximum absolute atomic E-state index is 12.6. The second-order valence-electron chi connectivity index (χ2n) is 7.22. The number of thioether (sulfide) groups is 1. The van der Waals surface area contributed by atoms with E-state index in [4.69, 9.17) is 0 Å². The number of carbonyl (C=O) groups excluding carboxylic acids is 1. The van der Waals surface area contributed by atoms with Gasteiger partial charge in [0, 0.05) is 23.6 Å². The summed E-state index contributed by atoms with van der Waals surface area (Å²) in [7, 11) is 0. The van der Waals surface area contributed by atoms with Crippen molar-refractivity contribution in [3.63, 3.8) is 0 Å². The van der Waals surface area contributed by atoms with Crippen LogP contribution in [-0.2, 0) is 17.6 Å². The zero-order chi connectivity index (χ0) is 22.3. The molecule has 0 unspecified atom stereocenters. The highest BCUT2D eigenvalue weighted by Gasteiger charge is 2.21. The Balaban J connectivity index is 1.71. The minimum Gasteiger partial charge on any atom is -0.325 e. The number of pyridine rings is 1. The second kappa shape index (κ2) is 10.2. The van der Waals surface area contributed by atoms with Gasteiger partial charge in [-0.25, -0.2) is 0 Å².